The van der Waals surface area contributed by atoms with Gasteiger partial charge in [-0.05, 0) is 50.7 Å². The average molecular weight is 361 g/mol. The zero-order valence-electron chi connectivity index (χ0n) is 14.6. The van der Waals surface area contributed by atoms with Gasteiger partial charge in [0.15, 0.2) is 23.7 Å². The number of fused-ring (bicyclic) bond motifs is 1. The summed E-state index contributed by atoms with van der Waals surface area (Å²) in [6.45, 7) is -0.431. The van der Waals surface area contributed by atoms with Crippen LogP contribution in [0.1, 0.15) is 51.4 Å². The highest BCUT2D eigenvalue weighted by Gasteiger charge is 2.44. The highest BCUT2D eigenvalue weighted by atomic mass is 16.7. The van der Waals surface area contributed by atoms with Gasteiger partial charge in [0.1, 0.15) is 0 Å². The van der Waals surface area contributed by atoms with Gasteiger partial charge in [0.05, 0.1) is 0 Å². The SMILES string of the molecule is O=C(COC(=O)C1(O)CCCC1)Nc1ccc2c(c1)OC1(CCCC1)O2. The lowest BCUT2D eigenvalue weighted by atomic mass is 10.0. The molecular weight excluding hydrogens is 338 g/mol. The molecule has 4 rings (SSSR count). The Morgan fingerprint density at radius 2 is 1.69 bits per heavy atom. The quantitative estimate of drug-likeness (QED) is 0.801. The molecule has 2 saturated carbocycles. The lowest BCUT2D eigenvalue weighted by Crippen LogP contribution is -2.38. The molecule has 2 N–H and O–H groups in total. The minimum absolute atomic E-state index is 0.386. The van der Waals surface area contributed by atoms with Crippen LogP contribution in [0.5, 0.6) is 11.5 Å². The van der Waals surface area contributed by atoms with Crippen LogP contribution in [-0.2, 0) is 14.3 Å². The molecule has 1 heterocycles. The van der Waals surface area contributed by atoms with E-state index >= 15 is 0 Å². The maximum atomic E-state index is 12.0. The second kappa shape index (κ2) is 6.46. The van der Waals surface area contributed by atoms with Crippen LogP contribution < -0.4 is 14.8 Å². The molecule has 7 heteroatoms. The number of ether oxygens (including phenoxy) is 3. The molecule has 2 aliphatic carbocycles. The van der Waals surface area contributed by atoms with Gasteiger partial charge >= 0.3 is 5.97 Å². The van der Waals surface area contributed by atoms with E-state index in [0.29, 0.717) is 30.0 Å². The Balaban J connectivity index is 1.32. The van der Waals surface area contributed by atoms with Gasteiger partial charge in [-0.1, -0.05) is 0 Å². The van der Waals surface area contributed by atoms with Gasteiger partial charge in [-0.2, -0.15) is 0 Å². The maximum absolute atomic E-state index is 12.0. The van der Waals surface area contributed by atoms with E-state index in [-0.39, 0.29) is 0 Å². The van der Waals surface area contributed by atoms with Crippen molar-refractivity contribution in [1.82, 2.24) is 0 Å². The Morgan fingerprint density at radius 1 is 1.04 bits per heavy atom. The third-order valence-corrected chi connectivity index (χ3v) is 5.33. The molecule has 140 valence electrons. The van der Waals surface area contributed by atoms with Gasteiger partial charge < -0.3 is 24.6 Å². The molecule has 0 saturated heterocycles. The lowest BCUT2D eigenvalue weighted by Gasteiger charge is -2.21. The van der Waals surface area contributed by atoms with Crippen molar-refractivity contribution in [3.8, 4) is 11.5 Å². The number of carbonyl (C=O) groups excluding carboxylic acids is 2. The number of rotatable bonds is 4. The second-order valence-corrected chi connectivity index (χ2v) is 7.35. The predicted octanol–water partition coefficient (Wildman–Crippen LogP) is 2.51. The molecule has 2 fully saturated rings. The number of esters is 1. The smallest absolute Gasteiger partial charge is 0.338 e. The number of benzene rings is 1. The van der Waals surface area contributed by atoms with Crippen molar-refractivity contribution in [1.29, 1.82) is 0 Å². The summed E-state index contributed by atoms with van der Waals surface area (Å²) in [5.41, 5.74) is -0.891. The molecule has 0 aromatic heterocycles. The van der Waals surface area contributed by atoms with Gasteiger partial charge in [-0.15, -0.1) is 0 Å². The van der Waals surface area contributed by atoms with Crippen LogP contribution in [0.15, 0.2) is 18.2 Å². The van der Waals surface area contributed by atoms with E-state index in [2.05, 4.69) is 5.32 Å². The summed E-state index contributed by atoms with van der Waals surface area (Å²) < 4.78 is 16.9. The third kappa shape index (κ3) is 3.23. The summed E-state index contributed by atoms with van der Waals surface area (Å²) in [5.74, 6) is -0.438. The van der Waals surface area contributed by atoms with Gasteiger partial charge in [0.25, 0.3) is 11.7 Å². The average Bonchev–Trinajstić information content (AvgIpc) is 3.33. The van der Waals surface area contributed by atoms with Gasteiger partial charge in [-0.25, -0.2) is 4.79 Å². The van der Waals surface area contributed by atoms with Crippen LogP contribution in [0.3, 0.4) is 0 Å². The number of anilines is 1. The Labute approximate surface area is 151 Å². The molecular formula is C19H23NO6. The number of nitrogens with one attached hydrogen (secondary N) is 1. The highest BCUT2D eigenvalue weighted by molar-refractivity contribution is 5.93. The summed E-state index contributed by atoms with van der Waals surface area (Å²) in [6, 6.07) is 5.21. The van der Waals surface area contributed by atoms with E-state index in [4.69, 9.17) is 14.2 Å². The summed E-state index contributed by atoms with van der Waals surface area (Å²) in [4.78, 5) is 24.0. The first-order valence-corrected chi connectivity index (χ1v) is 9.20. The van der Waals surface area contributed by atoms with Gasteiger partial charge in [0.2, 0.25) is 0 Å². The molecule has 1 aromatic carbocycles. The molecule has 0 atom stereocenters. The van der Waals surface area contributed by atoms with E-state index in [1.807, 2.05) is 0 Å². The van der Waals surface area contributed by atoms with Crippen molar-refractivity contribution in [2.45, 2.75) is 62.8 Å². The lowest BCUT2D eigenvalue weighted by molar-refractivity contribution is -0.166. The van der Waals surface area contributed by atoms with Crippen molar-refractivity contribution >= 4 is 17.6 Å². The van der Waals surface area contributed by atoms with Crippen molar-refractivity contribution in [3.05, 3.63) is 18.2 Å². The van der Waals surface area contributed by atoms with Crippen LogP contribution in [0, 0.1) is 0 Å². The van der Waals surface area contributed by atoms with Crippen LogP contribution in [-0.4, -0.2) is 35.0 Å². The van der Waals surface area contributed by atoms with Crippen molar-refractivity contribution in [2.24, 2.45) is 0 Å². The van der Waals surface area contributed by atoms with E-state index in [1.54, 1.807) is 18.2 Å². The molecule has 0 bridgehead atoms. The fraction of sp³-hybridized carbons (Fsp3) is 0.579. The molecule has 1 spiro atoms. The van der Waals surface area contributed by atoms with Crippen LogP contribution in [0.25, 0.3) is 0 Å². The maximum Gasteiger partial charge on any atom is 0.338 e. The van der Waals surface area contributed by atoms with Gasteiger partial charge in [0, 0.05) is 24.6 Å². The predicted molar refractivity (Wildman–Crippen MR) is 91.9 cm³/mol. The molecule has 0 unspecified atom stereocenters. The molecule has 1 aromatic rings. The summed E-state index contributed by atoms with van der Waals surface area (Å²) in [5, 5.41) is 12.8. The van der Waals surface area contributed by atoms with E-state index in [9.17, 15) is 14.7 Å². The van der Waals surface area contributed by atoms with Crippen LogP contribution >= 0.6 is 0 Å². The molecule has 3 aliphatic rings. The summed E-state index contributed by atoms with van der Waals surface area (Å²) >= 11 is 0. The molecule has 7 nitrogen and oxygen atoms in total. The van der Waals surface area contributed by atoms with Gasteiger partial charge in [-0.3, -0.25) is 4.79 Å². The minimum atomic E-state index is -1.44. The standard InChI is InChI=1S/C19H23NO6/c21-16(12-24-17(22)18(23)7-1-2-8-18)20-13-5-6-14-15(11-13)26-19(25-14)9-3-4-10-19/h5-6,11,23H,1-4,7-10,12H2,(H,20,21). The first kappa shape index (κ1) is 17.1. The monoisotopic (exact) mass is 361 g/mol. The Morgan fingerprint density at radius 3 is 2.42 bits per heavy atom. The minimum Gasteiger partial charge on any atom is -0.453 e. The Kier molecular flexibility index (Phi) is 4.26. The van der Waals surface area contributed by atoms with E-state index < -0.39 is 29.9 Å². The Hall–Kier alpha value is -2.28. The number of amides is 1. The molecule has 1 amide bonds. The Bertz CT molecular complexity index is 719. The molecule has 1 aliphatic heterocycles. The van der Waals surface area contributed by atoms with Crippen molar-refractivity contribution in [2.75, 3.05) is 11.9 Å². The number of aliphatic hydroxyl groups is 1. The first-order valence-electron chi connectivity index (χ1n) is 9.20. The largest absolute Gasteiger partial charge is 0.453 e. The third-order valence-electron chi connectivity index (χ3n) is 5.33. The number of hydrogen-bond acceptors (Lipinski definition) is 6. The summed E-state index contributed by atoms with van der Waals surface area (Å²) in [6.07, 6.45) is 6.23. The zero-order chi connectivity index (χ0) is 18.2. The second-order valence-electron chi connectivity index (χ2n) is 7.35. The molecule has 26 heavy (non-hydrogen) atoms. The fourth-order valence-corrected chi connectivity index (χ4v) is 3.92. The molecule has 0 radical (unpaired) electrons. The number of carbonyl (C=O) groups is 2. The number of hydrogen-bond donors (Lipinski definition) is 2. The van der Waals surface area contributed by atoms with Crippen molar-refractivity contribution in [3.63, 3.8) is 0 Å². The normalized spacial score (nSPS) is 21.7. The van der Waals surface area contributed by atoms with Crippen LogP contribution in [0.4, 0.5) is 5.69 Å². The van der Waals surface area contributed by atoms with E-state index in [0.717, 1.165) is 38.5 Å². The fourth-order valence-electron chi connectivity index (χ4n) is 3.92. The van der Waals surface area contributed by atoms with Crippen molar-refractivity contribution < 1.29 is 28.9 Å². The van der Waals surface area contributed by atoms with Crippen LogP contribution in [0.2, 0.25) is 0 Å². The topological polar surface area (TPSA) is 94.1 Å². The first-order chi connectivity index (χ1) is 12.5. The summed E-state index contributed by atoms with van der Waals surface area (Å²) in [7, 11) is 0. The van der Waals surface area contributed by atoms with E-state index in [1.165, 1.54) is 0 Å². The zero-order valence-corrected chi connectivity index (χ0v) is 14.6. The highest BCUT2D eigenvalue weighted by Crippen LogP contribution is 2.47.